The lowest BCUT2D eigenvalue weighted by atomic mass is 10.00. The quantitative estimate of drug-likeness (QED) is 0.764. The van der Waals surface area contributed by atoms with Crippen molar-refractivity contribution >= 4 is 0 Å². The zero-order chi connectivity index (χ0) is 13.4. The Hall–Kier alpha value is -1.24. The second-order valence-corrected chi connectivity index (χ2v) is 3.59. The van der Waals surface area contributed by atoms with Gasteiger partial charge in [-0.05, 0) is 24.1 Å². The molecule has 96 valence electrons. The first-order chi connectivity index (χ1) is 7.53. The van der Waals surface area contributed by atoms with E-state index in [1.165, 1.54) is 6.92 Å². The van der Waals surface area contributed by atoms with Gasteiger partial charge in [0.25, 0.3) is 0 Å². The van der Waals surface area contributed by atoms with Crippen molar-refractivity contribution in [3.63, 3.8) is 0 Å². The summed E-state index contributed by atoms with van der Waals surface area (Å²) < 4.78 is 74.2. The summed E-state index contributed by atoms with van der Waals surface area (Å²) >= 11 is 0. The number of halogens is 6. The molecule has 1 aromatic carbocycles. The fraction of sp³-hybridized carbons (Fsp3) is 0.400. The molecular formula is C10H9F6N. The number of benzene rings is 1. The largest absolute Gasteiger partial charge is 0.416 e. The van der Waals surface area contributed by atoms with Crippen LogP contribution >= 0.6 is 0 Å². The molecule has 0 spiro atoms. The number of aryl methyl sites for hydroxylation is 1. The first-order valence-corrected chi connectivity index (χ1v) is 4.53. The van der Waals surface area contributed by atoms with Gasteiger partial charge in [-0.25, -0.2) is 0 Å². The van der Waals surface area contributed by atoms with Crippen molar-refractivity contribution in [2.45, 2.75) is 25.3 Å². The summed E-state index contributed by atoms with van der Waals surface area (Å²) in [6, 6.07) is -0.0517. The molecule has 0 bridgehead atoms. The first-order valence-electron chi connectivity index (χ1n) is 4.53. The van der Waals surface area contributed by atoms with E-state index in [4.69, 9.17) is 5.73 Å². The third kappa shape index (κ3) is 3.12. The average Bonchev–Trinajstić information content (AvgIpc) is 2.14. The Morgan fingerprint density at radius 1 is 1.06 bits per heavy atom. The SMILES string of the molecule is Cc1ccc([C@@H](N)C(F)(F)F)cc1C(F)(F)F. The molecule has 0 radical (unpaired) electrons. The van der Waals surface area contributed by atoms with Gasteiger partial charge in [0.1, 0.15) is 6.04 Å². The van der Waals surface area contributed by atoms with Crippen LogP contribution in [0.2, 0.25) is 0 Å². The number of alkyl halides is 6. The number of hydrogen-bond donors (Lipinski definition) is 1. The maximum atomic E-state index is 12.5. The Morgan fingerprint density at radius 3 is 2.00 bits per heavy atom. The van der Waals surface area contributed by atoms with Crippen molar-refractivity contribution in [3.8, 4) is 0 Å². The highest BCUT2D eigenvalue weighted by atomic mass is 19.4. The molecule has 0 aromatic heterocycles. The summed E-state index contributed by atoms with van der Waals surface area (Å²) in [7, 11) is 0. The first kappa shape index (κ1) is 13.8. The highest BCUT2D eigenvalue weighted by molar-refractivity contribution is 5.35. The van der Waals surface area contributed by atoms with Crippen LogP contribution in [0, 0.1) is 6.92 Å². The van der Waals surface area contributed by atoms with Gasteiger partial charge in [-0.2, -0.15) is 26.3 Å². The molecule has 0 unspecified atom stereocenters. The summed E-state index contributed by atoms with van der Waals surface area (Å²) in [5.74, 6) is 0. The lowest BCUT2D eigenvalue weighted by Gasteiger charge is -2.18. The molecule has 17 heavy (non-hydrogen) atoms. The second kappa shape index (κ2) is 4.21. The zero-order valence-electron chi connectivity index (χ0n) is 8.65. The normalized spacial score (nSPS) is 14.8. The molecule has 0 amide bonds. The Labute approximate surface area is 93.2 Å². The average molecular weight is 257 g/mol. The zero-order valence-corrected chi connectivity index (χ0v) is 8.65. The Kier molecular flexibility index (Phi) is 3.42. The van der Waals surface area contributed by atoms with E-state index in [1.807, 2.05) is 0 Å². The maximum Gasteiger partial charge on any atom is 0.416 e. The van der Waals surface area contributed by atoms with Gasteiger partial charge in [-0.3, -0.25) is 0 Å². The van der Waals surface area contributed by atoms with Crippen LogP contribution in [-0.2, 0) is 6.18 Å². The lowest BCUT2D eigenvalue weighted by molar-refractivity contribution is -0.150. The second-order valence-electron chi connectivity index (χ2n) is 3.59. The van der Waals surface area contributed by atoms with E-state index in [-0.39, 0.29) is 5.56 Å². The Balaban J connectivity index is 3.23. The highest BCUT2D eigenvalue weighted by Crippen LogP contribution is 2.36. The third-order valence-corrected chi connectivity index (χ3v) is 2.28. The van der Waals surface area contributed by atoms with Gasteiger partial charge in [-0.15, -0.1) is 0 Å². The summed E-state index contributed by atoms with van der Waals surface area (Å²) in [5, 5.41) is 0. The predicted octanol–water partition coefficient (Wildman–Crippen LogP) is 3.58. The Morgan fingerprint density at radius 2 is 1.59 bits per heavy atom. The third-order valence-electron chi connectivity index (χ3n) is 2.28. The topological polar surface area (TPSA) is 26.0 Å². The summed E-state index contributed by atoms with van der Waals surface area (Å²) in [6.07, 6.45) is -9.45. The fourth-order valence-corrected chi connectivity index (χ4v) is 1.33. The fourth-order valence-electron chi connectivity index (χ4n) is 1.33. The van der Waals surface area contributed by atoms with Crippen molar-refractivity contribution in [1.82, 2.24) is 0 Å². The molecule has 1 rings (SSSR count). The van der Waals surface area contributed by atoms with Crippen LogP contribution in [-0.4, -0.2) is 6.18 Å². The van der Waals surface area contributed by atoms with Gasteiger partial charge in [-0.1, -0.05) is 12.1 Å². The maximum absolute atomic E-state index is 12.5. The Bertz CT molecular complexity index is 406. The van der Waals surface area contributed by atoms with Gasteiger partial charge in [0, 0.05) is 0 Å². The van der Waals surface area contributed by atoms with Gasteiger partial charge in [0.05, 0.1) is 5.56 Å². The molecular weight excluding hydrogens is 248 g/mol. The van der Waals surface area contributed by atoms with E-state index in [0.717, 1.165) is 12.1 Å². The van der Waals surface area contributed by atoms with E-state index in [0.29, 0.717) is 6.07 Å². The highest BCUT2D eigenvalue weighted by Gasteiger charge is 2.39. The molecule has 1 atom stereocenters. The van der Waals surface area contributed by atoms with Crippen LogP contribution in [0.4, 0.5) is 26.3 Å². The molecule has 0 fully saturated rings. The van der Waals surface area contributed by atoms with Crippen LogP contribution in [0.3, 0.4) is 0 Å². The molecule has 0 heterocycles. The molecule has 0 saturated carbocycles. The standard InChI is InChI=1S/C10H9F6N/c1-5-2-3-6(8(17)10(14,15)16)4-7(5)9(11,12)13/h2-4,8H,17H2,1H3/t8-/m1/s1. The van der Waals surface area contributed by atoms with E-state index in [1.54, 1.807) is 0 Å². The van der Waals surface area contributed by atoms with Gasteiger partial charge >= 0.3 is 12.4 Å². The van der Waals surface area contributed by atoms with Crippen molar-refractivity contribution < 1.29 is 26.3 Å². The molecule has 2 N–H and O–H groups in total. The van der Waals surface area contributed by atoms with Crippen LogP contribution in [0.15, 0.2) is 18.2 Å². The molecule has 1 aromatic rings. The van der Waals surface area contributed by atoms with Crippen molar-refractivity contribution in [3.05, 3.63) is 34.9 Å². The monoisotopic (exact) mass is 257 g/mol. The van der Waals surface area contributed by atoms with Crippen LogP contribution in [0.25, 0.3) is 0 Å². The van der Waals surface area contributed by atoms with E-state index in [9.17, 15) is 26.3 Å². The van der Waals surface area contributed by atoms with Crippen LogP contribution in [0.1, 0.15) is 22.7 Å². The van der Waals surface area contributed by atoms with Crippen molar-refractivity contribution in [2.75, 3.05) is 0 Å². The lowest BCUT2D eigenvalue weighted by Crippen LogP contribution is -2.28. The molecule has 0 aliphatic carbocycles. The molecule has 7 heteroatoms. The number of rotatable bonds is 1. The van der Waals surface area contributed by atoms with Crippen molar-refractivity contribution in [2.24, 2.45) is 5.73 Å². The number of nitrogens with two attached hydrogens (primary N) is 1. The minimum atomic E-state index is -4.77. The minimum absolute atomic E-state index is 0.143. The summed E-state index contributed by atoms with van der Waals surface area (Å²) in [5.41, 5.74) is 3.00. The van der Waals surface area contributed by atoms with E-state index >= 15 is 0 Å². The van der Waals surface area contributed by atoms with Crippen LogP contribution < -0.4 is 5.73 Å². The summed E-state index contributed by atoms with van der Waals surface area (Å²) in [6.45, 7) is 1.17. The molecule has 1 nitrogen and oxygen atoms in total. The molecule has 0 saturated heterocycles. The van der Waals surface area contributed by atoms with Gasteiger partial charge in [0.15, 0.2) is 0 Å². The summed E-state index contributed by atoms with van der Waals surface area (Å²) in [4.78, 5) is 0. The van der Waals surface area contributed by atoms with Crippen molar-refractivity contribution in [1.29, 1.82) is 0 Å². The van der Waals surface area contributed by atoms with Gasteiger partial charge in [0.2, 0.25) is 0 Å². The van der Waals surface area contributed by atoms with Crippen LogP contribution in [0.5, 0.6) is 0 Å². The van der Waals surface area contributed by atoms with E-state index < -0.39 is 29.5 Å². The van der Waals surface area contributed by atoms with Gasteiger partial charge < -0.3 is 5.73 Å². The number of hydrogen-bond acceptors (Lipinski definition) is 1. The molecule has 0 aliphatic heterocycles. The molecule has 0 aliphatic rings. The minimum Gasteiger partial charge on any atom is -0.316 e. The predicted molar refractivity (Wildman–Crippen MR) is 49.2 cm³/mol. The van der Waals surface area contributed by atoms with E-state index in [2.05, 4.69) is 0 Å². The smallest absolute Gasteiger partial charge is 0.316 e.